The van der Waals surface area contributed by atoms with E-state index in [1.54, 1.807) is 19.2 Å². The predicted octanol–water partition coefficient (Wildman–Crippen LogP) is 2.02. The highest BCUT2D eigenvalue weighted by Gasteiger charge is 2.10. The van der Waals surface area contributed by atoms with Crippen molar-refractivity contribution in [1.82, 2.24) is 9.97 Å². The van der Waals surface area contributed by atoms with Crippen LogP contribution in [0.3, 0.4) is 0 Å². The monoisotopic (exact) mass is 262 g/mol. The maximum atomic E-state index is 13.3. The summed E-state index contributed by atoms with van der Waals surface area (Å²) < 4.78 is 18.4. The first-order valence-corrected chi connectivity index (χ1v) is 5.74. The lowest BCUT2D eigenvalue weighted by Crippen LogP contribution is -2.11. The molecular formula is C13H15FN4O. The van der Waals surface area contributed by atoms with Crippen LogP contribution in [0.4, 0.5) is 10.2 Å². The summed E-state index contributed by atoms with van der Waals surface area (Å²) in [4.78, 5) is 8.58. The van der Waals surface area contributed by atoms with Crippen LogP contribution in [0, 0.1) is 12.7 Å². The second-order valence-corrected chi connectivity index (χ2v) is 4.10. The minimum Gasteiger partial charge on any atom is -0.378 e. The molecule has 100 valence electrons. The van der Waals surface area contributed by atoms with Crippen molar-refractivity contribution in [2.75, 3.05) is 12.5 Å². The summed E-state index contributed by atoms with van der Waals surface area (Å²) in [5.41, 5.74) is 4.66. The molecule has 1 aromatic carbocycles. The number of nitrogens with two attached hydrogens (primary N) is 1. The summed E-state index contributed by atoms with van der Waals surface area (Å²) in [7, 11) is 1.57. The fraction of sp³-hybridized carbons (Fsp3) is 0.231. The van der Waals surface area contributed by atoms with Crippen LogP contribution in [-0.4, -0.2) is 17.1 Å². The number of nitrogen functional groups attached to an aromatic ring is 1. The molecule has 2 rings (SSSR count). The average molecular weight is 262 g/mol. The third-order valence-electron chi connectivity index (χ3n) is 2.66. The van der Waals surface area contributed by atoms with Crippen molar-refractivity contribution in [2.45, 2.75) is 13.5 Å². The van der Waals surface area contributed by atoms with Crippen LogP contribution < -0.4 is 11.3 Å². The van der Waals surface area contributed by atoms with Gasteiger partial charge in [-0.25, -0.2) is 20.2 Å². The number of hydrogen-bond acceptors (Lipinski definition) is 5. The van der Waals surface area contributed by atoms with Gasteiger partial charge < -0.3 is 10.2 Å². The fourth-order valence-corrected chi connectivity index (χ4v) is 1.75. The normalized spacial score (nSPS) is 10.5. The largest absolute Gasteiger partial charge is 0.378 e. The van der Waals surface area contributed by atoms with Crippen LogP contribution >= 0.6 is 0 Å². The second kappa shape index (κ2) is 5.73. The molecule has 0 aliphatic carbocycles. The molecule has 0 bridgehead atoms. The van der Waals surface area contributed by atoms with E-state index < -0.39 is 0 Å². The molecular weight excluding hydrogens is 247 g/mol. The van der Waals surface area contributed by atoms with Crippen molar-refractivity contribution < 1.29 is 9.13 Å². The van der Waals surface area contributed by atoms with E-state index in [1.165, 1.54) is 12.1 Å². The number of nitrogens with zero attached hydrogens (tertiary/aromatic N) is 2. The zero-order chi connectivity index (χ0) is 13.8. The minimum atomic E-state index is -0.330. The van der Waals surface area contributed by atoms with E-state index >= 15 is 0 Å². The number of hydrogen-bond donors (Lipinski definition) is 2. The van der Waals surface area contributed by atoms with Gasteiger partial charge in [0.15, 0.2) is 5.82 Å². The van der Waals surface area contributed by atoms with Crippen LogP contribution in [-0.2, 0) is 11.3 Å². The second-order valence-electron chi connectivity index (χ2n) is 4.10. The van der Waals surface area contributed by atoms with Gasteiger partial charge >= 0.3 is 0 Å². The molecule has 19 heavy (non-hydrogen) atoms. The predicted molar refractivity (Wildman–Crippen MR) is 70.7 cm³/mol. The van der Waals surface area contributed by atoms with Gasteiger partial charge in [-0.15, -0.1) is 0 Å². The van der Waals surface area contributed by atoms with Gasteiger partial charge in [-0.3, -0.25) is 0 Å². The van der Waals surface area contributed by atoms with E-state index in [4.69, 9.17) is 10.6 Å². The van der Waals surface area contributed by atoms with E-state index in [0.29, 0.717) is 29.5 Å². The Morgan fingerprint density at radius 1 is 1.32 bits per heavy atom. The first-order chi connectivity index (χ1) is 9.13. The Labute approximate surface area is 110 Å². The summed E-state index contributed by atoms with van der Waals surface area (Å²) in [6.45, 7) is 2.20. The molecule has 0 spiro atoms. The zero-order valence-corrected chi connectivity index (χ0v) is 10.8. The summed E-state index contributed by atoms with van der Waals surface area (Å²) >= 11 is 0. The van der Waals surface area contributed by atoms with Crippen LogP contribution in [0.2, 0.25) is 0 Å². The Morgan fingerprint density at radius 2 is 2.11 bits per heavy atom. The van der Waals surface area contributed by atoms with E-state index in [0.717, 1.165) is 5.56 Å². The maximum Gasteiger partial charge on any atom is 0.162 e. The Kier molecular flexibility index (Phi) is 4.03. The van der Waals surface area contributed by atoms with Crippen molar-refractivity contribution in [1.29, 1.82) is 0 Å². The lowest BCUT2D eigenvalue weighted by Gasteiger charge is -2.09. The Morgan fingerprint density at radius 3 is 2.79 bits per heavy atom. The molecule has 0 amide bonds. The minimum absolute atomic E-state index is 0.330. The smallest absolute Gasteiger partial charge is 0.162 e. The molecule has 3 N–H and O–H groups in total. The number of halogens is 1. The van der Waals surface area contributed by atoms with E-state index in [9.17, 15) is 4.39 Å². The fourth-order valence-electron chi connectivity index (χ4n) is 1.75. The molecule has 5 nitrogen and oxygen atoms in total. The van der Waals surface area contributed by atoms with Crippen LogP contribution in [0.25, 0.3) is 11.4 Å². The third-order valence-corrected chi connectivity index (χ3v) is 2.66. The molecule has 1 aromatic heterocycles. The first kappa shape index (κ1) is 13.4. The van der Waals surface area contributed by atoms with Gasteiger partial charge in [0.2, 0.25) is 0 Å². The molecule has 0 saturated carbocycles. The zero-order valence-electron chi connectivity index (χ0n) is 10.8. The Hall–Kier alpha value is -2.05. The first-order valence-electron chi connectivity index (χ1n) is 5.74. The van der Waals surface area contributed by atoms with Gasteiger partial charge in [0.1, 0.15) is 11.6 Å². The number of aromatic nitrogens is 2. The summed E-state index contributed by atoms with van der Waals surface area (Å²) in [6, 6.07) is 6.18. The summed E-state index contributed by atoms with van der Waals surface area (Å²) in [6.07, 6.45) is 0. The molecule has 0 fully saturated rings. The van der Waals surface area contributed by atoms with Crippen molar-refractivity contribution >= 4 is 5.82 Å². The highest BCUT2D eigenvalue weighted by molar-refractivity contribution is 5.61. The maximum absolute atomic E-state index is 13.3. The van der Waals surface area contributed by atoms with Crippen LogP contribution in [0.1, 0.15) is 11.3 Å². The molecule has 0 saturated heterocycles. The molecule has 0 unspecified atom stereocenters. The van der Waals surface area contributed by atoms with Crippen molar-refractivity contribution in [3.05, 3.63) is 41.3 Å². The molecule has 0 atom stereocenters. The summed E-state index contributed by atoms with van der Waals surface area (Å²) in [5.74, 6) is 5.92. The number of hydrazine groups is 1. The Balaban J connectivity index is 2.54. The number of methoxy groups -OCH3 is 1. The molecule has 0 radical (unpaired) electrons. The van der Waals surface area contributed by atoms with Crippen molar-refractivity contribution in [2.24, 2.45) is 5.84 Å². The van der Waals surface area contributed by atoms with Gasteiger partial charge in [-0.05, 0) is 24.6 Å². The van der Waals surface area contributed by atoms with Gasteiger partial charge in [-0.1, -0.05) is 6.07 Å². The van der Waals surface area contributed by atoms with Gasteiger partial charge in [0.05, 0.1) is 12.3 Å². The quantitative estimate of drug-likeness (QED) is 0.651. The van der Waals surface area contributed by atoms with Crippen molar-refractivity contribution in [3.63, 3.8) is 0 Å². The molecule has 1 heterocycles. The van der Waals surface area contributed by atoms with Crippen LogP contribution in [0.5, 0.6) is 0 Å². The third kappa shape index (κ3) is 3.04. The van der Waals surface area contributed by atoms with Gasteiger partial charge in [0, 0.05) is 18.7 Å². The topological polar surface area (TPSA) is 73.1 Å². The number of nitrogens with one attached hydrogen (secondary N) is 1. The molecule has 6 heteroatoms. The van der Waals surface area contributed by atoms with Crippen molar-refractivity contribution in [3.8, 4) is 11.4 Å². The number of anilines is 1. The number of rotatable bonds is 4. The summed E-state index contributed by atoms with van der Waals surface area (Å²) in [5, 5.41) is 0. The van der Waals surface area contributed by atoms with E-state index in [1.807, 2.05) is 6.92 Å². The number of ether oxygens (including phenoxy) is 1. The van der Waals surface area contributed by atoms with E-state index in [2.05, 4.69) is 15.4 Å². The lowest BCUT2D eigenvalue weighted by molar-refractivity contribution is 0.181. The van der Waals surface area contributed by atoms with Crippen LogP contribution in [0.15, 0.2) is 24.3 Å². The van der Waals surface area contributed by atoms with Gasteiger partial charge in [-0.2, -0.15) is 0 Å². The number of benzene rings is 1. The number of aryl methyl sites for hydroxylation is 1. The highest BCUT2D eigenvalue weighted by atomic mass is 19.1. The van der Waals surface area contributed by atoms with E-state index in [-0.39, 0.29) is 5.82 Å². The highest BCUT2D eigenvalue weighted by Crippen LogP contribution is 2.22. The molecule has 0 aliphatic heterocycles. The average Bonchev–Trinajstić information content (AvgIpc) is 2.41. The SMILES string of the molecule is COCc1cc(NN)nc(-c2cc(F)ccc2C)n1. The Bertz CT molecular complexity index is 589. The molecule has 2 aromatic rings. The van der Waals surface area contributed by atoms with Gasteiger partial charge in [0.25, 0.3) is 0 Å². The molecule has 0 aliphatic rings. The lowest BCUT2D eigenvalue weighted by atomic mass is 10.1. The standard InChI is InChI=1S/C13H15FN4O/c1-8-3-4-9(14)5-11(8)13-16-10(7-19-2)6-12(17-13)18-15/h3-6H,7,15H2,1-2H3,(H,16,17,18).